The summed E-state index contributed by atoms with van der Waals surface area (Å²) in [5.41, 5.74) is 0. The van der Waals surface area contributed by atoms with Crippen molar-refractivity contribution in [2.75, 3.05) is 0 Å². The number of hydrogen-bond donors (Lipinski definition) is 0. The Labute approximate surface area is 125 Å². The fourth-order valence-corrected chi connectivity index (χ4v) is 2.34. The highest BCUT2D eigenvalue weighted by Gasteiger charge is 1.92. The molecule has 2 nitrogen and oxygen atoms in total. The summed E-state index contributed by atoms with van der Waals surface area (Å²) in [6.07, 6.45) is 20.9. The molecule has 20 heavy (non-hydrogen) atoms. The first-order chi connectivity index (χ1) is 9.77. The third kappa shape index (κ3) is 17.2. The molecule has 118 valence electrons. The molecule has 2 heteroatoms. The van der Waals surface area contributed by atoms with Gasteiger partial charge in [-0.1, -0.05) is 70.4 Å². The predicted octanol–water partition coefficient (Wildman–Crippen LogP) is 4.77. The number of aliphatic carboxylic acids is 1. The molecule has 0 aliphatic heterocycles. The monoisotopic (exact) mass is 281 g/mol. The van der Waals surface area contributed by atoms with Crippen molar-refractivity contribution in [1.29, 1.82) is 0 Å². The van der Waals surface area contributed by atoms with E-state index in [1.807, 2.05) is 0 Å². The summed E-state index contributed by atoms with van der Waals surface area (Å²) >= 11 is 0. The van der Waals surface area contributed by atoms with Gasteiger partial charge in [-0.2, -0.15) is 0 Å². The van der Waals surface area contributed by atoms with Crippen molar-refractivity contribution in [3.63, 3.8) is 0 Å². The van der Waals surface area contributed by atoms with Crippen LogP contribution in [0.5, 0.6) is 0 Å². The third-order valence-corrected chi connectivity index (χ3v) is 3.64. The molecule has 0 aliphatic carbocycles. The molecule has 0 unspecified atom stereocenters. The van der Waals surface area contributed by atoms with Gasteiger partial charge in [-0.3, -0.25) is 0 Å². The topological polar surface area (TPSA) is 40.1 Å². The number of unbranched alkanes of at least 4 members (excludes halogenated alkanes) is 11. The van der Waals surface area contributed by atoms with Crippen LogP contribution in [0.25, 0.3) is 0 Å². The van der Waals surface area contributed by atoms with E-state index >= 15 is 0 Å². The Kier molecular flexibility index (Phi) is 15.6. The van der Waals surface area contributed by atoms with Crippen LogP contribution in [0.4, 0.5) is 0 Å². The zero-order valence-corrected chi connectivity index (χ0v) is 13.4. The Morgan fingerprint density at radius 1 is 0.750 bits per heavy atom. The number of carboxylic acid groups (broad SMARTS) is 1. The lowest BCUT2D eigenvalue weighted by Crippen LogP contribution is -2.21. The highest BCUT2D eigenvalue weighted by Crippen LogP contribution is 2.10. The molecule has 0 bridgehead atoms. The summed E-state index contributed by atoms with van der Waals surface area (Å²) in [6, 6.07) is 0. The summed E-state index contributed by atoms with van der Waals surface area (Å²) in [5.74, 6) is -0.911. The Hall–Kier alpha value is -0.790. The molecule has 0 fully saturated rings. The van der Waals surface area contributed by atoms with E-state index in [4.69, 9.17) is 0 Å². The number of hydrogen-bond acceptors (Lipinski definition) is 2. The zero-order valence-electron chi connectivity index (χ0n) is 13.4. The fourth-order valence-electron chi connectivity index (χ4n) is 2.34. The molecule has 0 saturated carbocycles. The van der Waals surface area contributed by atoms with Crippen molar-refractivity contribution in [3.05, 3.63) is 12.2 Å². The van der Waals surface area contributed by atoms with Crippen LogP contribution >= 0.6 is 0 Å². The van der Waals surface area contributed by atoms with Gasteiger partial charge in [-0.05, 0) is 38.5 Å². The number of rotatable bonds is 15. The minimum atomic E-state index is -0.911. The van der Waals surface area contributed by atoms with Crippen molar-refractivity contribution in [1.82, 2.24) is 0 Å². The average Bonchev–Trinajstić information content (AvgIpc) is 2.43. The maximum absolute atomic E-state index is 10.2. The third-order valence-electron chi connectivity index (χ3n) is 3.64. The first-order valence-electron chi connectivity index (χ1n) is 8.62. The van der Waals surface area contributed by atoms with Gasteiger partial charge in [-0.25, -0.2) is 0 Å². The molecule has 0 saturated heterocycles. The Morgan fingerprint density at radius 3 is 1.70 bits per heavy atom. The van der Waals surface area contributed by atoms with Crippen molar-refractivity contribution in [2.45, 2.75) is 96.8 Å². The summed E-state index contributed by atoms with van der Waals surface area (Å²) < 4.78 is 0. The fraction of sp³-hybridized carbons (Fsp3) is 0.833. The Bertz CT molecular complexity index is 234. The lowest BCUT2D eigenvalue weighted by molar-refractivity contribution is -0.305. The zero-order chi connectivity index (χ0) is 14.9. The lowest BCUT2D eigenvalue weighted by Gasteiger charge is -2.02. The first-order valence-corrected chi connectivity index (χ1v) is 8.62. The largest absolute Gasteiger partial charge is 0.550 e. The van der Waals surface area contributed by atoms with E-state index in [1.165, 1.54) is 70.6 Å². The quantitative estimate of drug-likeness (QED) is 0.320. The minimum Gasteiger partial charge on any atom is -0.550 e. The molecule has 0 heterocycles. The number of carbonyl (C=O) groups is 1. The molecule has 0 atom stereocenters. The summed E-state index contributed by atoms with van der Waals surface area (Å²) in [6.45, 7) is 2.25. The van der Waals surface area contributed by atoms with Gasteiger partial charge in [-0.15, -0.1) is 0 Å². The van der Waals surface area contributed by atoms with Crippen LogP contribution in [0.1, 0.15) is 96.8 Å². The van der Waals surface area contributed by atoms with Gasteiger partial charge >= 0.3 is 0 Å². The Balaban J connectivity index is 3.05. The van der Waals surface area contributed by atoms with Crippen LogP contribution in [-0.2, 0) is 4.79 Å². The van der Waals surface area contributed by atoms with Crippen LogP contribution < -0.4 is 5.11 Å². The molecule has 0 aromatic heterocycles. The maximum atomic E-state index is 10.2. The van der Waals surface area contributed by atoms with Crippen molar-refractivity contribution in [2.24, 2.45) is 0 Å². The second-order valence-electron chi connectivity index (χ2n) is 5.71. The van der Waals surface area contributed by atoms with Crippen LogP contribution in [0.2, 0.25) is 0 Å². The van der Waals surface area contributed by atoms with E-state index < -0.39 is 5.97 Å². The van der Waals surface area contributed by atoms with Crippen LogP contribution in [-0.4, -0.2) is 5.97 Å². The molecule has 0 aliphatic rings. The molecule has 0 radical (unpaired) electrons. The van der Waals surface area contributed by atoms with E-state index in [-0.39, 0.29) is 6.42 Å². The van der Waals surface area contributed by atoms with Crippen LogP contribution in [0, 0.1) is 0 Å². The number of carbonyl (C=O) groups excluding carboxylic acids is 1. The SMILES string of the molecule is CCCCCC/C=C\CCCCCCCCCC(=O)[O-]. The van der Waals surface area contributed by atoms with Gasteiger partial charge in [0.25, 0.3) is 0 Å². The number of carboxylic acids is 1. The second kappa shape index (κ2) is 16.3. The van der Waals surface area contributed by atoms with E-state index in [0.29, 0.717) is 0 Å². The summed E-state index contributed by atoms with van der Waals surface area (Å²) in [5, 5.41) is 10.2. The normalized spacial score (nSPS) is 11.2. The van der Waals surface area contributed by atoms with E-state index in [9.17, 15) is 9.90 Å². The van der Waals surface area contributed by atoms with Gasteiger partial charge in [0.15, 0.2) is 0 Å². The molecule has 0 aromatic rings. The molecule has 0 spiro atoms. The van der Waals surface area contributed by atoms with Crippen LogP contribution in [0.3, 0.4) is 0 Å². The van der Waals surface area contributed by atoms with Gasteiger partial charge < -0.3 is 9.90 Å². The second-order valence-corrected chi connectivity index (χ2v) is 5.71. The summed E-state index contributed by atoms with van der Waals surface area (Å²) in [7, 11) is 0. The lowest BCUT2D eigenvalue weighted by atomic mass is 10.1. The van der Waals surface area contributed by atoms with Gasteiger partial charge in [0.2, 0.25) is 0 Å². The molecular weight excluding hydrogens is 248 g/mol. The summed E-state index contributed by atoms with van der Waals surface area (Å²) in [4.78, 5) is 10.2. The highest BCUT2D eigenvalue weighted by molar-refractivity contribution is 5.63. The molecule has 0 amide bonds. The standard InChI is InChI=1S/C18H34O2/c1-2-3-4-5-6-7-8-9-10-11-12-13-14-15-16-17-18(19)20/h7-8H,2-6,9-17H2,1H3,(H,19,20)/p-1/b8-7-. The van der Waals surface area contributed by atoms with E-state index in [0.717, 1.165) is 12.8 Å². The van der Waals surface area contributed by atoms with Gasteiger partial charge in [0, 0.05) is 5.97 Å². The smallest absolute Gasteiger partial charge is 0.0414 e. The van der Waals surface area contributed by atoms with Crippen molar-refractivity contribution in [3.8, 4) is 0 Å². The number of allylic oxidation sites excluding steroid dienone is 2. The highest BCUT2D eigenvalue weighted by atomic mass is 16.4. The molecule has 0 rings (SSSR count). The van der Waals surface area contributed by atoms with Crippen molar-refractivity contribution < 1.29 is 9.90 Å². The average molecular weight is 281 g/mol. The molecule has 0 aromatic carbocycles. The van der Waals surface area contributed by atoms with E-state index in [1.54, 1.807) is 0 Å². The molecular formula is C18H33O2-. The minimum absolute atomic E-state index is 0.225. The van der Waals surface area contributed by atoms with Crippen molar-refractivity contribution >= 4 is 5.97 Å². The van der Waals surface area contributed by atoms with Crippen LogP contribution in [0.15, 0.2) is 12.2 Å². The van der Waals surface area contributed by atoms with Gasteiger partial charge in [0.05, 0.1) is 0 Å². The predicted molar refractivity (Wildman–Crippen MR) is 84.5 cm³/mol. The van der Waals surface area contributed by atoms with Gasteiger partial charge in [0.1, 0.15) is 0 Å². The first kappa shape index (κ1) is 19.2. The Morgan fingerprint density at radius 2 is 1.20 bits per heavy atom. The van der Waals surface area contributed by atoms with E-state index in [2.05, 4.69) is 19.1 Å². The maximum Gasteiger partial charge on any atom is 0.0414 e. The molecule has 0 N–H and O–H groups in total.